The van der Waals surface area contributed by atoms with Crippen molar-refractivity contribution >= 4 is 18.4 Å². The molecule has 0 aliphatic heterocycles. The second kappa shape index (κ2) is 5.51. The molecule has 0 aromatic heterocycles. The van der Waals surface area contributed by atoms with Crippen LogP contribution in [0.5, 0.6) is 0 Å². The Morgan fingerprint density at radius 1 is 0.714 bits per heavy atom. The standard InChI is InChI=1S/4CH3.2ClH.Sn/h4*1H3;2*1H;/q;;;;;;+2/p-2. The van der Waals surface area contributed by atoms with Gasteiger partial charge in [-0.2, -0.15) is 0 Å². The first-order valence-corrected chi connectivity index (χ1v) is 13.4. The Labute approximate surface area is 62.8 Å². The Morgan fingerprint density at radius 2 is 0.714 bits per heavy atom. The van der Waals surface area contributed by atoms with E-state index in [4.69, 9.17) is 0 Å². The zero-order valence-electron chi connectivity index (χ0n) is 5.26. The van der Waals surface area contributed by atoms with Crippen LogP contribution in [0.2, 0.25) is 19.8 Å². The summed E-state index contributed by atoms with van der Waals surface area (Å²) >= 11 is -1.18. The van der Waals surface area contributed by atoms with Crippen LogP contribution in [0.1, 0.15) is 0 Å². The summed E-state index contributed by atoms with van der Waals surface area (Å²) in [6.45, 7) is 0. The Hall–Kier alpha value is 1.38. The third-order valence-corrected chi connectivity index (χ3v) is 0. The first kappa shape index (κ1) is 15.8. The largest absolute Gasteiger partial charge is 1.00 e. The van der Waals surface area contributed by atoms with Gasteiger partial charge in [0.1, 0.15) is 0 Å². The van der Waals surface area contributed by atoms with Crippen LogP contribution >= 0.6 is 0 Å². The van der Waals surface area contributed by atoms with Gasteiger partial charge in [0, 0.05) is 0 Å². The summed E-state index contributed by atoms with van der Waals surface area (Å²) in [6.07, 6.45) is 0. The maximum absolute atomic E-state index is 2.40. The van der Waals surface area contributed by atoms with Crippen LogP contribution in [0.3, 0.4) is 0 Å². The SMILES string of the molecule is [CH3][Sn+2]([CH3])([CH3])[CH3].[Cl-].[Cl-]. The second-order valence-corrected chi connectivity index (χ2v) is 20.1. The van der Waals surface area contributed by atoms with Gasteiger partial charge in [0.05, 0.1) is 0 Å². The molecule has 46 valence electrons. The van der Waals surface area contributed by atoms with Gasteiger partial charge in [0.15, 0.2) is 0 Å². The first-order chi connectivity index (χ1) is 2.00. The topological polar surface area (TPSA) is 0 Å². The monoisotopic (exact) mass is 250 g/mol. The van der Waals surface area contributed by atoms with E-state index in [1.54, 1.807) is 0 Å². The van der Waals surface area contributed by atoms with Crippen molar-refractivity contribution in [1.29, 1.82) is 0 Å². The van der Waals surface area contributed by atoms with Crippen molar-refractivity contribution in [2.24, 2.45) is 0 Å². The molecule has 0 aromatic rings. The van der Waals surface area contributed by atoms with E-state index >= 15 is 0 Å². The third-order valence-electron chi connectivity index (χ3n) is 0. The molecular weight excluding hydrogens is 238 g/mol. The fraction of sp³-hybridized carbons (Fsp3) is 1.00. The quantitative estimate of drug-likeness (QED) is 0.384. The Kier molecular flexibility index (Phi) is 12.4. The summed E-state index contributed by atoms with van der Waals surface area (Å²) in [7, 11) is 0. The van der Waals surface area contributed by atoms with Gasteiger partial charge in [-0.05, 0) is 0 Å². The van der Waals surface area contributed by atoms with Crippen molar-refractivity contribution in [3.8, 4) is 0 Å². The maximum atomic E-state index is 2.40. The van der Waals surface area contributed by atoms with E-state index in [1.165, 1.54) is 0 Å². The van der Waals surface area contributed by atoms with Crippen LogP contribution in [0.25, 0.3) is 0 Å². The van der Waals surface area contributed by atoms with E-state index in [1.807, 2.05) is 0 Å². The number of rotatable bonds is 0. The summed E-state index contributed by atoms with van der Waals surface area (Å²) < 4.78 is 0. The molecule has 3 heteroatoms. The summed E-state index contributed by atoms with van der Waals surface area (Å²) in [5.41, 5.74) is 0. The van der Waals surface area contributed by atoms with Crippen LogP contribution in [0.15, 0.2) is 0 Å². The molecule has 0 aliphatic carbocycles. The minimum atomic E-state index is -1.18. The van der Waals surface area contributed by atoms with E-state index in [-0.39, 0.29) is 24.8 Å². The van der Waals surface area contributed by atoms with E-state index in [0.29, 0.717) is 0 Å². The van der Waals surface area contributed by atoms with Gasteiger partial charge in [-0.1, -0.05) is 0 Å². The predicted molar refractivity (Wildman–Crippen MR) is 29.2 cm³/mol. The average molecular weight is 250 g/mol. The number of hydrogen-bond acceptors (Lipinski definition) is 0. The molecule has 0 spiro atoms. The molecule has 2 radical (unpaired) electrons. The van der Waals surface area contributed by atoms with E-state index in [0.717, 1.165) is 0 Å². The predicted octanol–water partition coefficient (Wildman–Crippen LogP) is -4.04. The molecule has 0 saturated heterocycles. The molecule has 0 saturated carbocycles. The van der Waals surface area contributed by atoms with Crippen LogP contribution in [0.4, 0.5) is 0 Å². The molecule has 0 bridgehead atoms. The minimum absolute atomic E-state index is 0. The van der Waals surface area contributed by atoms with Gasteiger partial charge in [-0.3, -0.25) is 0 Å². The number of halogens is 2. The van der Waals surface area contributed by atoms with E-state index < -0.39 is 18.4 Å². The van der Waals surface area contributed by atoms with Crippen LogP contribution in [0, 0.1) is 0 Å². The van der Waals surface area contributed by atoms with Crippen molar-refractivity contribution in [3.05, 3.63) is 0 Å². The molecule has 0 fully saturated rings. The van der Waals surface area contributed by atoms with Gasteiger partial charge in [0.2, 0.25) is 0 Å². The van der Waals surface area contributed by atoms with E-state index in [2.05, 4.69) is 19.8 Å². The molecule has 0 aromatic carbocycles. The Balaban J connectivity index is -0.0000000800. The van der Waals surface area contributed by atoms with Gasteiger partial charge in [0.25, 0.3) is 0 Å². The molecule has 0 unspecified atom stereocenters. The first-order valence-electron chi connectivity index (χ1n) is 2.00. The van der Waals surface area contributed by atoms with Crippen molar-refractivity contribution in [3.63, 3.8) is 0 Å². The molecule has 7 heavy (non-hydrogen) atoms. The normalized spacial score (nSPS) is 8.57. The molecule has 0 rings (SSSR count). The van der Waals surface area contributed by atoms with Gasteiger partial charge in [-0.25, -0.2) is 0 Å². The summed E-state index contributed by atoms with van der Waals surface area (Å²) in [5.74, 6) is 0. The zero-order chi connectivity index (χ0) is 4.50. The average Bonchev–Trinajstić information content (AvgIpc) is 0.722. The van der Waals surface area contributed by atoms with E-state index in [9.17, 15) is 0 Å². The Morgan fingerprint density at radius 3 is 0.714 bits per heavy atom. The van der Waals surface area contributed by atoms with Crippen molar-refractivity contribution in [2.45, 2.75) is 19.8 Å². The molecule has 0 heterocycles. The Bertz CT molecular complexity index is 25.2. The van der Waals surface area contributed by atoms with Gasteiger partial charge < -0.3 is 24.8 Å². The fourth-order valence-electron chi connectivity index (χ4n) is 0. The smallest absolute Gasteiger partial charge is 1.00 e. The van der Waals surface area contributed by atoms with Crippen LogP contribution in [-0.4, -0.2) is 18.4 Å². The van der Waals surface area contributed by atoms with Crippen LogP contribution < -0.4 is 24.8 Å². The molecule has 0 aliphatic rings. The zero-order valence-corrected chi connectivity index (χ0v) is 9.62. The fourth-order valence-corrected chi connectivity index (χ4v) is 0. The summed E-state index contributed by atoms with van der Waals surface area (Å²) in [4.78, 5) is 9.59. The summed E-state index contributed by atoms with van der Waals surface area (Å²) in [5, 5.41) is 0. The molecule has 0 atom stereocenters. The second-order valence-electron chi connectivity index (χ2n) is 3.00. The third kappa shape index (κ3) is 112. The van der Waals surface area contributed by atoms with Gasteiger partial charge in [-0.15, -0.1) is 0 Å². The minimum Gasteiger partial charge on any atom is -1.00 e. The molecule has 0 nitrogen and oxygen atoms in total. The molecular formula is C4H12Cl2Sn. The number of hydrogen-bond donors (Lipinski definition) is 0. The molecule has 0 N–H and O–H groups in total. The van der Waals surface area contributed by atoms with Crippen molar-refractivity contribution < 1.29 is 24.8 Å². The van der Waals surface area contributed by atoms with Crippen molar-refractivity contribution in [2.75, 3.05) is 0 Å². The van der Waals surface area contributed by atoms with Crippen LogP contribution in [-0.2, 0) is 0 Å². The summed E-state index contributed by atoms with van der Waals surface area (Å²) in [6, 6.07) is 0. The van der Waals surface area contributed by atoms with Gasteiger partial charge >= 0.3 is 38.1 Å². The molecule has 0 amide bonds. The van der Waals surface area contributed by atoms with Crippen molar-refractivity contribution in [1.82, 2.24) is 0 Å². The maximum Gasteiger partial charge on any atom is -1.00 e.